The standard InChI is InChI=1S/C14H18O3/c1-2-14(17,9-13(15)16)12-7-6-10-4-3-5-11(10)8-12/h6-8,17H,2-5,9H2,1H3,(H,15,16). The highest BCUT2D eigenvalue weighted by Gasteiger charge is 2.31. The van der Waals surface area contributed by atoms with Crippen molar-refractivity contribution >= 4 is 5.97 Å². The van der Waals surface area contributed by atoms with Crippen LogP contribution in [0.15, 0.2) is 18.2 Å². The first-order valence-electron chi connectivity index (χ1n) is 6.11. The fourth-order valence-electron chi connectivity index (χ4n) is 2.54. The van der Waals surface area contributed by atoms with E-state index in [9.17, 15) is 9.90 Å². The first-order chi connectivity index (χ1) is 8.05. The van der Waals surface area contributed by atoms with E-state index in [1.165, 1.54) is 11.1 Å². The van der Waals surface area contributed by atoms with Gasteiger partial charge in [-0.2, -0.15) is 0 Å². The molecule has 0 spiro atoms. The number of carboxylic acid groups (broad SMARTS) is 1. The fraction of sp³-hybridized carbons (Fsp3) is 0.500. The van der Waals surface area contributed by atoms with Gasteiger partial charge in [0.25, 0.3) is 0 Å². The highest BCUT2D eigenvalue weighted by Crippen LogP contribution is 2.32. The van der Waals surface area contributed by atoms with E-state index in [4.69, 9.17) is 5.11 Å². The zero-order valence-electron chi connectivity index (χ0n) is 10.1. The van der Waals surface area contributed by atoms with E-state index in [2.05, 4.69) is 0 Å². The van der Waals surface area contributed by atoms with E-state index in [0.29, 0.717) is 6.42 Å². The molecular formula is C14H18O3. The highest BCUT2D eigenvalue weighted by atomic mass is 16.4. The summed E-state index contributed by atoms with van der Waals surface area (Å²) in [5.74, 6) is -0.963. The Labute approximate surface area is 101 Å². The molecule has 0 aliphatic heterocycles. The summed E-state index contributed by atoms with van der Waals surface area (Å²) in [6.07, 6.45) is 3.47. The molecule has 0 amide bonds. The van der Waals surface area contributed by atoms with Gasteiger partial charge in [0, 0.05) is 0 Å². The van der Waals surface area contributed by atoms with Gasteiger partial charge in [0.1, 0.15) is 0 Å². The maximum atomic E-state index is 10.8. The lowest BCUT2D eigenvalue weighted by Gasteiger charge is -2.26. The first-order valence-corrected chi connectivity index (χ1v) is 6.11. The van der Waals surface area contributed by atoms with Gasteiger partial charge in [0.2, 0.25) is 0 Å². The van der Waals surface area contributed by atoms with Crippen LogP contribution in [0, 0.1) is 0 Å². The van der Waals surface area contributed by atoms with Crippen molar-refractivity contribution in [1.29, 1.82) is 0 Å². The van der Waals surface area contributed by atoms with Crippen LogP contribution in [0.2, 0.25) is 0 Å². The predicted octanol–water partition coefficient (Wildman–Crippen LogP) is 2.25. The van der Waals surface area contributed by atoms with Gasteiger partial charge in [-0.3, -0.25) is 4.79 Å². The van der Waals surface area contributed by atoms with Crippen LogP contribution in [0.25, 0.3) is 0 Å². The molecule has 3 heteroatoms. The number of hydrogen-bond acceptors (Lipinski definition) is 2. The topological polar surface area (TPSA) is 57.5 Å². The van der Waals surface area contributed by atoms with Crippen molar-refractivity contribution in [2.75, 3.05) is 0 Å². The molecule has 0 fully saturated rings. The summed E-state index contributed by atoms with van der Waals surface area (Å²) in [6.45, 7) is 1.82. The number of benzene rings is 1. The Morgan fingerprint density at radius 1 is 1.35 bits per heavy atom. The van der Waals surface area contributed by atoms with Crippen LogP contribution in [0.3, 0.4) is 0 Å². The van der Waals surface area contributed by atoms with Crippen molar-refractivity contribution in [1.82, 2.24) is 0 Å². The van der Waals surface area contributed by atoms with E-state index < -0.39 is 11.6 Å². The monoisotopic (exact) mass is 234 g/mol. The van der Waals surface area contributed by atoms with Gasteiger partial charge in [-0.05, 0) is 42.4 Å². The van der Waals surface area contributed by atoms with Crippen molar-refractivity contribution in [3.8, 4) is 0 Å². The van der Waals surface area contributed by atoms with Crippen LogP contribution >= 0.6 is 0 Å². The smallest absolute Gasteiger partial charge is 0.306 e. The normalized spacial score (nSPS) is 17.5. The minimum Gasteiger partial charge on any atom is -0.481 e. The number of aryl methyl sites for hydroxylation is 2. The Balaban J connectivity index is 2.34. The molecule has 0 heterocycles. The van der Waals surface area contributed by atoms with Crippen LogP contribution in [0.5, 0.6) is 0 Å². The zero-order valence-corrected chi connectivity index (χ0v) is 10.1. The second-order valence-electron chi connectivity index (χ2n) is 4.79. The lowest BCUT2D eigenvalue weighted by molar-refractivity contribution is -0.143. The molecule has 17 heavy (non-hydrogen) atoms. The molecule has 0 saturated heterocycles. The third kappa shape index (κ3) is 2.34. The van der Waals surface area contributed by atoms with Gasteiger partial charge in [-0.25, -0.2) is 0 Å². The van der Waals surface area contributed by atoms with E-state index >= 15 is 0 Å². The third-order valence-electron chi connectivity index (χ3n) is 3.66. The van der Waals surface area contributed by atoms with Gasteiger partial charge in [-0.15, -0.1) is 0 Å². The number of rotatable bonds is 4. The van der Waals surface area contributed by atoms with Crippen LogP contribution in [-0.2, 0) is 23.2 Å². The fourth-order valence-corrected chi connectivity index (χ4v) is 2.54. The van der Waals surface area contributed by atoms with Crippen molar-refractivity contribution in [3.63, 3.8) is 0 Å². The molecule has 1 aromatic carbocycles. The lowest BCUT2D eigenvalue weighted by atomic mass is 9.86. The molecule has 2 rings (SSSR count). The quantitative estimate of drug-likeness (QED) is 0.840. The summed E-state index contributed by atoms with van der Waals surface area (Å²) >= 11 is 0. The zero-order chi connectivity index (χ0) is 12.5. The van der Waals surface area contributed by atoms with Crippen molar-refractivity contribution in [2.45, 2.75) is 44.6 Å². The highest BCUT2D eigenvalue weighted by molar-refractivity contribution is 5.68. The SMILES string of the molecule is CCC(O)(CC(=O)O)c1ccc2c(c1)CCC2. The molecule has 1 unspecified atom stereocenters. The predicted molar refractivity (Wildman–Crippen MR) is 64.9 cm³/mol. The molecule has 1 aliphatic carbocycles. The van der Waals surface area contributed by atoms with E-state index in [1.54, 1.807) is 0 Å². The molecule has 1 aliphatic rings. The van der Waals surface area contributed by atoms with E-state index in [1.807, 2.05) is 25.1 Å². The summed E-state index contributed by atoms with van der Waals surface area (Å²) in [7, 11) is 0. The largest absolute Gasteiger partial charge is 0.481 e. The first kappa shape index (κ1) is 12.1. The van der Waals surface area contributed by atoms with Crippen LogP contribution < -0.4 is 0 Å². The Morgan fingerprint density at radius 3 is 2.71 bits per heavy atom. The molecule has 1 aromatic rings. The summed E-state index contributed by atoms with van der Waals surface area (Å²) in [4.78, 5) is 10.8. The average Bonchev–Trinajstić information content (AvgIpc) is 2.74. The Bertz CT molecular complexity index is 439. The molecule has 0 saturated carbocycles. The number of aliphatic hydroxyl groups is 1. The van der Waals surface area contributed by atoms with E-state index in [-0.39, 0.29) is 6.42 Å². The molecule has 0 aromatic heterocycles. The molecule has 0 radical (unpaired) electrons. The Morgan fingerprint density at radius 2 is 2.06 bits per heavy atom. The molecule has 0 bridgehead atoms. The lowest BCUT2D eigenvalue weighted by Crippen LogP contribution is -2.28. The molecule has 1 atom stereocenters. The van der Waals surface area contributed by atoms with Gasteiger partial charge in [0.15, 0.2) is 0 Å². The van der Waals surface area contributed by atoms with Crippen LogP contribution in [0.1, 0.15) is 42.9 Å². The summed E-state index contributed by atoms with van der Waals surface area (Å²) in [6, 6.07) is 5.88. The number of carbonyl (C=O) groups is 1. The van der Waals surface area contributed by atoms with Crippen molar-refractivity contribution in [2.24, 2.45) is 0 Å². The minimum atomic E-state index is -1.23. The number of hydrogen-bond donors (Lipinski definition) is 2. The third-order valence-corrected chi connectivity index (χ3v) is 3.66. The summed E-state index contributed by atoms with van der Waals surface area (Å²) < 4.78 is 0. The maximum absolute atomic E-state index is 10.8. The summed E-state index contributed by atoms with van der Waals surface area (Å²) in [5, 5.41) is 19.3. The maximum Gasteiger partial charge on any atom is 0.306 e. The minimum absolute atomic E-state index is 0.234. The number of fused-ring (bicyclic) bond motifs is 1. The molecular weight excluding hydrogens is 216 g/mol. The van der Waals surface area contributed by atoms with E-state index in [0.717, 1.165) is 24.8 Å². The summed E-state index contributed by atoms with van der Waals surface area (Å²) in [5.41, 5.74) is 2.11. The Hall–Kier alpha value is -1.35. The van der Waals surface area contributed by atoms with Crippen molar-refractivity contribution in [3.05, 3.63) is 34.9 Å². The van der Waals surface area contributed by atoms with Gasteiger partial charge in [0.05, 0.1) is 12.0 Å². The van der Waals surface area contributed by atoms with Crippen LogP contribution in [-0.4, -0.2) is 16.2 Å². The second-order valence-corrected chi connectivity index (χ2v) is 4.79. The van der Waals surface area contributed by atoms with Gasteiger partial charge in [-0.1, -0.05) is 25.1 Å². The molecule has 2 N–H and O–H groups in total. The number of carboxylic acids is 1. The Kier molecular flexibility index (Phi) is 3.20. The van der Waals surface area contributed by atoms with Crippen LogP contribution in [0.4, 0.5) is 0 Å². The van der Waals surface area contributed by atoms with Crippen molar-refractivity contribution < 1.29 is 15.0 Å². The molecule has 3 nitrogen and oxygen atoms in total. The van der Waals surface area contributed by atoms with Gasteiger partial charge >= 0.3 is 5.97 Å². The van der Waals surface area contributed by atoms with Gasteiger partial charge < -0.3 is 10.2 Å². The number of aliphatic carboxylic acids is 1. The second kappa shape index (κ2) is 4.49. The average molecular weight is 234 g/mol. The molecule has 92 valence electrons.